The van der Waals surface area contributed by atoms with Crippen molar-refractivity contribution in [3.63, 3.8) is 0 Å². The van der Waals surface area contributed by atoms with Crippen molar-refractivity contribution in [2.45, 2.75) is 12.7 Å². The average molecular weight is 183 g/mol. The first-order chi connectivity index (χ1) is 6.25. The summed E-state index contributed by atoms with van der Waals surface area (Å²) in [6.07, 6.45) is -1.11. The highest BCUT2D eigenvalue weighted by Gasteiger charge is 2.13. The van der Waals surface area contributed by atoms with Crippen LogP contribution < -0.4 is 15.2 Å². The first kappa shape index (κ1) is 8.31. The highest BCUT2D eigenvalue weighted by Crippen LogP contribution is 2.32. The third-order valence-corrected chi connectivity index (χ3v) is 1.87. The Labute approximate surface area is 75.3 Å². The number of hydrogen-bond donors (Lipinski definition) is 1. The Morgan fingerprint density at radius 3 is 2.92 bits per heavy atom. The standard InChI is InChI=1S/C9H10FNO2/c10-9(11)4-6-1-2-7-8(3-6)13-5-12-7/h1-3,9H,4-5,11H2. The molecule has 0 bridgehead atoms. The van der Waals surface area contributed by atoms with Gasteiger partial charge in [0.15, 0.2) is 17.8 Å². The van der Waals surface area contributed by atoms with Crippen LogP contribution in [0.25, 0.3) is 0 Å². The maximum atomic E-state index is 12.4. The molecule has 0 saturated heterocycles. The van der Waals surface area contributed by atoms with Crippen molar-refractivity contribution in [2.75, 3.05) is 6.79 Å². The lowest BCUT2D eigenvalue weighted by Crippen LogP contribution is -2.15. The number of alkyl halides is 1. The summed E-state index contributed by atoms with van der Waals surface area (Å²) in [5.74, 6) is 1.37. The van der Waals surface area contributed by atoms with Crippen LogP contribution in [0.5, 0.6) is 11.5 Å². The third-order valence-electron chi connectivity index (χ3n) is 1.87. The highest BCUT2D eigenvalue weighted by molar-refractivity contribution is 5.44. The van der Waals surface area contributed by atoms with Crippen LogP contribution in [0.1, 0.15) is 5.56 Å². The number of rotatable bonds is 2. The molecule has 1 aromatic carbocycles. The van der Waals surface area contributed by atoms with Gasteiger partial charge in [-0.2, -0.15) is 0 Å². The Balaban J connectivity index is 2.21. The largest absolute Gasteiger partial charge is 0.454 e. The molecule has 13 heavy (non-hydrogen) atoms. The Morgan fingerprint density at radius 2 is 2.15 bits per heavy atom. The summed E-state index contributed by atoms with van der Waals surface area (Å²) < 4.78 is 22.7. The van der Waals surface area contributed by atoms with Crippen LogP contribution >= 0.6 is 0 Å². The molecule has 3 nitrogen and oxygen atoms in total. The fraction of sp³-hybridized carbons (Fsp3) is 0.333. The van der Waals surface area contributed by atoms with E-state index in [0.29, 0.717) is 11.5 Å². The zero-order valence-corrected chi connectivity index (χ0v) is 7.00. The molecule has 1 unspecified atom stereocenters. The van der Waals surface area contributed by atoms with Gasteiger partial charge in [0.2, 0.25) is 6.79 Å². The number of ether oxygens (including phenoxy) is 2. The topological polar surface area (TPSA) is 44.5 Å². The lowest BCUT2D eigenvalue weighted by molar-refractivity contribution is 0.174. The Morgan fingerprint density at radius 1 is 1.38 bits per heavy atom. The van der Waals surface area contributed by atoms with Crippen molar-refractivity contribution in [2.24, 2.45) is 5.73 Å². The number of halogens is 1. The molecular weight excluding hydrogens is 173 g/mol. The monoisotopic (exact) mass is 183 g/mol. The van der Waals surface area contributed by atoms with E-state index in [2.05, 4.69) is 0 Å². The lowest BCUT2D eigenvalue weighted by Gasteiger charge is -2.03. The van der Waals surface area contributed by atoms with Crippen LogP contribution in [0.4, 0.5) is 4.39 Å². The van der Waals surface area contributed by atoms with E-state index in [1.807, 2.05) is 0 Å². The van der Waals surface area contributed by atoms with Crippen LogP contribution in [-0.2, 0) is 6.42 Å². The molecule has 1 atom stereocenters. The number of fused-ring (bicyclic) bond motifs is 1. The molecule has 1 heterocycles. The molecule has 2 rings (SSSR count). The molecule has 4 heteroatoms. The van der Waals surface area contributed by atoms with Crippen LogP contribution in [0.2, 0.25) is 0 Å². The van der Waals surface area contributed by atoms with E-state index in [1.54, 1.807) is 18.2 Å². The van der Waals surface area contributed by atoms with Crippen molar-refractivity contribution in [3.05, 3.63) is 23.8 Å². The van der Waals surface area contributed by atoms with Gasteiger partial charge in [0.1, 0.15) is 0 Å². The minimum atomic E-state index is -1.32. The minimum Gasteiger partial charge on any atom is -0.454 e. The Kier molecular flexibility index (Phi) is 2.06. The summed E-state index contributed by atoms with van der Waals surface area (Å²) >= 11 is 0. The van der Waals surface area contributed by atoms with Gasteiger partial charge in [-0.1, -0.05) is 6.07 Å². The van der Waals surface area contributed by atoms with Crippen LogP contribution in [0.15, 0.2) is 18.2 Å². The molecule has 1 aromatic rings. The van der Waals surface area contributed by atoms with Crippen molar-refractivity contribution in [1.82, 2.24) is 0 Å². The number of nitrogens with two attached hydrogens (primary N) is 1. The summed E-state index contributed by atoms with van der Waals surface area (Å²) in [5, 5.41) is 0. The summed E-state index contributed by atoms with van der Waals surface area (Å²) in [5.41, 5.74) is 5.85. The van der Waals surface area contributed by atoms with Gasteiger partial charge < -0.3 is 15.2 Å². The molecule has 0 aromatic heterocycles. The molecule has 1 aliphatic rings. The van der Waals surface area contributed by atoms with E-state index in [4.69, 9.17) is 15.2 Å². The van der Waals surface area contributed by atoms with E-state index in [-0.39, 0.29) is 13.2 Å². The fourth-order valence-electron chi connectivity index (χ4n) is 1.29. The van der Waals surface area contributed by atoms with Crippen molar-refractivity contribution in [1.29, 1.82) is 0 Å². The molecule has 0 fully saturated rings. The second-order valence-electron chi connectivity index (χ2n) is 2.91. The van der Waals surface area contributed by atoms with Gasteiger partial charge in [-0.15, -0.1) is 0 Å². The summed E-state index contributed by atoms with van der Waals surface area (Å²) in [6, 6.07) is 5.30. The third kappa shape index (κ3) is 1.72. The molecule has 70 valence electrons. The van der Waals surface area contributed by atoms with E-state index in [9.17, 15) is 4.39 Å². The van der Waals surface area contributed by atoms with Gasteiger partial charge in [-0.05, 0) is 17.7 Å². The number of hydrogen-bond acceptors (Lipinski definition) is 3. The van der Waals surface area contributed by atoms with Gasteiger partial charge in [0.25, 0.3) is 0 Å². The highest BCUT2D eigenvalue weighted by atomic mass is 19.1. The summed E-state index contributed by atoms with van der Waals surface area (Å²) in [4.78, 5) is 0. The van der Waals surface area contributed by atoms with Crippen molar-refractivity contribution < 1.29 is 13.9 Å². The molecule has 0 spiro atoms. The molecule has 2 N–H and O–H groups in total. The van der Waals surface area contributed by atoms with Gasteiger partial charge in [-0.3, -0.25) is 0 Å². The maximum absolute atomic E-state index is 12.4. The molecule has 0 saturated carbocycles. The van der Waals surface area contributed by atoms with E-state index in [0.717, 1.165) is 5.56 Å². The Hall–Kier alpha value is -1.29. The second kappa shape index (κ2) is 3.22. The summed E-state index contributed by atoms with van der Waals surface area (Å²) in [6.45, 7) is 0.237. The molecular formula is C9H10FNO2. The van der Waals surface area contributed by atoms with Crippen LogP contribution in [0.3, 0.4) is 0 Å². The number of benzene rings is 1. The van der Waals surface area contributed by atoms with Gasteiger partial charge >= 0.3 is 0 Å². The average Bonchev–Trinajstić information content (AvgIpc) is 2.49. The van der Waals surface area contributed by atoms with Gasteiger partial charge in [0.05, 0.1) is 0 Å². The first-order valence-corrected chi connectivity index (χ1v) is 4.04. The maximum Gasteiger partial charge on any atom is 0.231 e. The predicted octanol–water partition coefficient (Wildman–Crippen LogP) is 1.21. The minimum absolute atomic E-state index is 0.205. The summed E-state index contributed by atoms with van der Waals surface area (Å²) in [7, 11) is 0. The van der Waals surface area contributed by atoms with Gasteiger partial charge in [0, 0.05) is 6.42 Å². The van der Waals surface area contributed by atoms with E-state index in [1.165, 1.54) is 0 Å². The van der Waals surface area contributed by atoms with Crippen LogP contribution in [-0.4, -0.2) is 13.1 Å². The zero-order valence-electron chi connectivity index (χ0n) is 7.00. The zero-order chi connectivity index (χ0) is 9.26. The van der Waals surface area contributed by atoms with Crippen molar-refractivity contribution in [3.8, 4) is 11.5 Å². The van der Waals surface area contributed by atoms with E-state index < -0.39 is 6.30 Å². The van der Waals surface area contributed by atoms with E-state index >= 15 is 0 Å². The Bertz CT molecular complexity index is 314. The van der Waals surface area contributed by atoms with Gasteiger partial charge in [-0.25, -0.2) is 4.39 Å². The SMILES string of the molecule is NC(F)Cc1ccc2c(c1)OCO2. The smallest absolute Gasteiger partial charge is 0.231 e. The predicted molar refractivity (Wildman–Crippen MR) is 45.4 cm³/mol. The molecule has 1 aliphatic heterocycles. The van der Waals surface area contributed by atoms with Crippen molar-refractivity contribution >= 4 is 0 Å². The van der Waals surface area contributed by atoms with Crippen LogP contribution in [0, 0.1) is 0 Å². The second-order valence-corrected chi connectivity index (χ2v) is 2.91. The molecule has 0 aliphatic carbocycles. The molecule has 0 radical (unpaired) electrons. The quantitative estimate of drug-likeness (QED) is 0.701. The first-order valence-electron chi connectivity index (χ1n) is 4.04. The normalized spacial score (nSPS) is 15.8. The molecule has 0 amide bonds. The lowest BCUT2D eigenvalue weighted by atomic mass is 10.1. The fourth-order valence-corrected chi connectivity index (χ4v) is 1.29.